The third-order valence-corrected chi connectivity index (χ3v) is 5.54. The van der Waals surface area contributed by atoms with E-state index in [0.29, 0.717) is 12.1 Å². The normalized spacial score (nSPS) is 15.3. The van der Waals surface area contributed by atoms with E-state index >= 15 is 0 Å². The highest BCUT2D eigenvalue weighted by molar-refractivity contribution is 5.95. The summed E-state index contributed by atoms with van der Waals surface area (Å²) in [5, 5.41) is 16.4. The van der Waals surface area contributed by atoms with Crippen LogP contribution in [0.4, 0.5) is 5.69 Å². The molecule has 0 aromatic heterocycles. The van der Waals surface area contributed by atoms with Crippen molar-refractivity contribution in [1.29, 1.82) is 0 Å². The SMILES string of the molecule is O=C(NCC(c1cccc2ccccc12)N1CCCC1)c1cccc([N+](=O)[O-])c1. The number of amides is 1. The van der Waals surface area contributed by atoms with Gasteiger partial charge in [-0.15, -0.1) is 0 Å². The fourth-order valence-corrected chi connectivity index (χ4v) is 4.08. The van der Waals surface area contributed by atoms with Crippen molar-refractivity contribution >= 4 is 22.4 Å². The number of fused-ring (bicyclic) bond motifs is 1. The number of carbonyl (C=O) groups excluding carboxylic acids is 1. The zero-order chi connectivity index (χ0) is 20.2. The topological polar surface area (TPSA) is 75.5 Å². The molecular formula is C23H23N3O3. The second-order valence-electron chi connectivity index (χ2n) is 7.34. The van der Waals surface area contributed by atoms with Crippen LogP contribution in [0.3, 0.4) is 0 Å². The van der Waals surface area contributed by atoms with Gasteiger partial charge in [0, 0.05) is 24.2 Å². The maximum Gasteiger partial charge on any atom is 0.270 e. The first-order valence-corrected chi connectivity index (χ1v) is 9.88. The van der Waals surface area contributed by atoms with Crippen LogP contribution in [-0.4, -0.2) is 35.4 Å². The highest BCUT2D eigenvalue weighted by Crippen LogP contribution is 2.30. The summed E-state index contributed by atoms with van der Waals surface area (Å²) < 4.78 is 0. The molecule has 3 aromatic carbocycles. The Kier molecular flexibility index (Phi) is 5.53. The Morgan fingerprint density at radius 3 is 2.55 bits per heavy atom. The summed E-state index contributed by atoms with van der Waals surface area (Å²) in [6.45, 7) is 2.46. The average Bonchev–Trinajstić information content (AvgIpc) is 3.28. The van der Waals surface area contributed by atoms with Gasteiger partial charge in [0.05, 0.1) is 11.0 Å². The molecular weight excluding hydrogens is 366 g/mol. The number of likely N-dealkylation sites (tertiary alicyclic amines) is 1. The van der Waals surface area contributed by atoms with E-state index in [9.17, 15) is 14.9 Å². The van der Waals surface area contributed by atoms with Gasteiger partial charge in [0.25, 0.3) is 11.6 Å². The van der Waals surface area contributed by atoms with Crippen LogP contribution in [0.5, 0.6) is 0 Å². The number of nitro benzene ring substituents is 1. The summed E-state index contributed by atoms with van der Waals surface area (Å²) >= 11 is 0. The minimum atomic E-state index is -0.486. The van der Waals surface area contributed by atoms with Gasteiger partial charge in [-0.05, 0) is 48.3 Å². The molecule has 29 heavy (non-hydrogen) atoms. The molecule has 1 atom stereocenters. The van der Waals surface area contributed by atoms with Gasteiger partial charge < -0.3 is 5.32 Å². The first-order valence-electron chi connectivity index (χ1n) is 9.88. The summed E-state index contributed by atoms with van der Waals surface area (Å²) in [6, 6.07) is 20.5. The third-order valence-electron chi connectivity index (χ3n) is 5.54. The number of nitrogens with zero attached hydrogens (tertiary/aromatic N) is 2. The third kappa shape index (κ3) is 4.12. The quantitative estimate of drug-likeness (QED) is 0.503. The molecule has 6 heteroatoms. The number of nitrogens with one attached hydrogen (secondary N) is 1. The minimum Gasteiger partial charge on any atom is -0.350 e. The van der Waals surface area contributed by atoms with E-state index in [2.05, 4.69) is 40.5 Å². The van der Waals surface area contributed by atoms with Crippen LogP contribution >= 0.6 is 0 Å². The van der Waals surface area contributed by atoms with Crippen molar-refractivity contribution in [3.8, 4) is 0 Å². The number of benzene rings is 3. The van der Waals surface area contributed by atoms with E-state index in [1.165, 1.54) is 34.5 Å². The number of hydrogen-bond acceptors (Lipinski definition) is 4. The van der Waals surface area contributed by atoms with Gasteiger partial charge in [-0.25, -0.2) is 0 Å². The van der Waals surface area contributed by atoms with E-state index < -0.39 is 4.92 Å². The Hall–Kier alpha value is -3.25. The predicted molar refractivity (Wildman–Crippen MR) is 113 cm³/mol. The standard InChI is InChI=1S/C23H23N3O3/c27-23(18-9-5-10-19(15-18)26(28)29)24-16-22(25-13-3-4-14-25)21-12-6-8-17-7-1-2-11-20(17)21/h1-2,5-12,15,22H,3-4,13-14,16H2,(H,24,27). The molecule has 0 radical (unpaired) electrons. The van der Waals surface area contributed by atoms with Crippen molar-refractivity contribution in [2.75, 3.05) is 19.6 Å². The van der Waals surface area contributed by atoms with Crippen LogP contribution < -0.4 is 5.32 Å². The molecule has 4 rings (SSSR count). The Morgan fingerprint density at radius 2 is 1.76 bits per heavy atom. The van der Waals surface area contributed by atoms with Crippen molar-refractivity contribution in [3.05, 3.63) is 88.0 Å². The fourth-order valence-electron chi connectivity index (χ4n) is 4.08. The van der Waals surface area contributed by atoms with Gasteiger partial charge in [0.1, 0.15) is 0 Å². The molecule has 0 spiro atoms. The fraction of sp³-hybridized carbons (Fsp3) is 0.261. The molecule has 0 saturated carbocycles. The molecule has 0 aliphatic carbocycles. The Balaban J connectivity index is 1.59. The summed E-state index contributed by atoms with van der Waals surface area (Å²) in [5.41, 5.74) is 1.42. The lowest BCUT2D eigenvalue weighted by molar-refractivity contribution is -0.384. The molecule has 1 N–H and O–H groups in total. The van der Waals surface area contributed by atoms with Gasteiger partial charge >= 0.3 is 0 Å². The van der Waals surface area contributed by atoms with E-state index in [4.69, 9.17) is 0 Å². The van der Waals surface area contributed by atoms with Crippen molar-refractivity contribution in [2.45, 2.75) is 18.9 Å². The zero-order valence-electron chi connectivity index (χ0n) is 16.1. The average molecular weight is 389 g/mol. The lowest BCUT2D eigenvalue weighted by Crippen LogP contribution is -2.37. The van der Waals surface area contributed by atoms with Crippen LogP contribution in [0, 0.1) is 10.1 Å². The van der Waals surface area contributed by atoms with Gasteiger partial charge in [-0.1, -0.05) is 48.5 Å². The molecule has 0 bridgehead atoms. The molecule has 1 saturated heterocycles. The van der Waals surface area contributed by atoms with Gasteiger partial charge in [0.15, 0.2) is 0 Å². The first-order chi connectivity index (χ1) is 14.1. The molecule has 6 nitrogen and oxygen atoms in total. The number of nitro groups is 1. The number of hydrogen-bond donors (Lipinski definition) is 1. The van der Waals surface area contributed by atoms with Crippen LogP contribution in [0.25, 0.3) is 10.8 Å². The summed E-state index contributed by atoms with van der Waals surface area (Å²) in [5.74, 6) is -0.293. The first kappa shape index (κ1) is 19.1. The van der Waals surface area contributed by atoms with Crippen molar-refractivity contribution in [1.82, 2.24) is 10.2 Å². The second kappa shape index (κ2) is 8.41. The van der Waals surface area contributed by atoms with Crippen LogP contribution in [0.1, 0.15) is 34.8 Å². The van der Waals surface area contributed by atoms with Crippen LogP contribution in [0.2, 0.25) is 0 Å². The van der Waals surface area contributed by atoms with Crippen molar-refractivity contribution in [2.24, 2.45) is 0 Å². The smallest absolute Gasteiger partial charge is 0.270 e. The second-order valence-corrected chi connectivity index (χ2v) is 7.34. The Bertz CT molecular complexity index is 1040. The Labute approximate surface area is 169 Å². The van der Waals surface area contributed by atoms with Gasteiger partial charge in [-0.3, -0.25) is 19.8 Å². The van der Waals surface area contributed by atoms with Crippen molar-refractivity contribution in [3.63, 3.8) is 0 Å². The number of rotatable bonds is 6. The molecule has 148 valence electrons. The van der Waals surface area contributed by atoms with E-state index in [0.717, 1.165) is 25.9 Å². The molecule has 1 heterocycles. The summed E-state index contributed by atoms with van der Waals surface area (Å²) in [7, 11) is 0. The molecule has 1 aliphatic rings. The number of carbonyl (C=O) groups is 1. The highest BCUT2D eigenvalue weighted by atomic mass is 16.6. The lowest BCUT2D eigenvalue weighted by atomic mass is 9.97. The molecule has 1 amide bonds. The molecule has 1 aliphatic heterocycles. The molecule has 1 unspecified atom stereocenters. The summed E-state index contributed by atoms with van der Waals surface area (Å²) in [6.07, 6.45) is 2.31. The van der Waals surface area contributed by atoms with Crippen LogP contribution in [-0.2, 0) is 0 Å². The molecule has 3 aromatic rings. The van der Waals surface area contributed by atoms with Gasteiger partial charge in [0.2, 0.25) is 0 Å². The van der Waals surface area contributed by atoms with E-state index in [-0.39, 0.29) is 17.6 Å². The number of non-ortho nitro benzene ring substituents is 1. The maximum atomic E-state index is 12.7. The van der Waals surface area contributed by atoms with E-state index in [1.807, 2.05) is 12.1 Å². The van der Waals surface area contributed by atoms with E-state index in [1.54, 1.807) is 6.07 Å². The maximum absolute atomic E-state index is 12.7. The highest BCUT2D eigenvalue weighted by Gasteiger charge is 2.25. The lowest BCUT2D eigenvalue weighted by Gasteiger charge is -2.29. The zero-order valence-corrected chi connectivity index (χ0v) is 16.1. The minimum absolute atomic E-state index is 0.0613. The molecule has 1 fully saturated rings. The van der Waals surface area contributed by atoms with Crippen molar-refractivity contribution < 1.29 is 9.72 Å². The summed E-state index contributed by atoms with van der Waals surface area (Å²) in [4.78, 5) is 25.6. The largest absolute Gasteiger partial charge is 0.350 e. The monoisotopic (exact) mass is 389 g/mol. The van der Waals surface area contributed by atoms with Crippen LogP contribution in [0.15, 0.2) is 66.7 Å². The Morgan fingerprint density at radius 1 is 1.03 bits per heavy atom. The predicted octanol–water partition coefficient (Wildman–Crippen LogP) is 4.31. The van der Waals surface area contributed by atoms with Gasteiger partial charge in [-0.2, -0.15) is 0 Å².